The average molecular weight is 266 g/mol. The van der Waals surface area contributed by atoms with E-state index in [0.29, 0.717) is 6.04 Å². The smallest absolute Gasteiger partial charge is 0.0556 e. The Kier molecular flexibility index (Phi) is 5.22. The topological polar surface area (TPSA) is 38.0 Å². The molecule has 0 radical (unpaired) electrons. The number of hydrazine groups is 1. The zero-order chi connectivity index (χ0) is 13.0. The molecule has 0 aromatic carbocycles. The van der Waals surface area contributed by atoms with Crippen LogP contribution in [0.5, 0.6) is 0 Å². The van der Waals surface area contributed by atoms with Crippen molar-refractivity contribution in [2.45, 2.75) is 64.8 Å². The van der Waals surface area contributed by atoms with Gasteiger partial charge >= 0.3 is 0 Å². The monoisotopic (exact) mass is 266 g/mol. The van der Waals surface area contributed by atoms with Crippen molar-refractivity contribution >= 4 is 11.3 Å². The Hall–Kier alpha value is -0.380. The lowest BCUT2D eigenvalue weighted by molar-refractivity contribution is 0.412. The Bertz CT molecular complexity index is 349. The number of hydrogen-bond donors (Lipinski definition) is 2. The molecule has 3 N–H and O–H groups in total. The molecular formula is C15H26N2S. The SMILES string of the molecule is CCC(C)CC(NN)c1cc2c(s1)CCCCC2. The van der Waals surface area contributed by atoms with Crippen molar-refractivity contribution in [1.29, 1.82) is 0 Å². The third-order valence-corrected chi connectivity index (χ3v) is 5.50. The van der Waals surface area contributed by atoms with Crippen LogP contribution in [0.25, 0.3) is 0 Å². The number of aryl methyl sites for hydroxylation is 2. The van der Waals surface area contributed by atoms with Gasteiger partial charge in [0.05, 0.1) is 6.04 Å². The highest BCUT2D eigenvalue weighted by molar-refractivity contribution is 7.12. The van der Waals surface area contributed by atoms with E-state index in [2.05, 4.69) is 25.3 Å². The first-order valence-electron chi connectivity index (χ1n) is 7.32. The molecule has 18 heavy (non-hydrogen) atoms. The van der Waals surface area contributed by atoms with Gasteiger partial charge in [-0.2, -0.15) is 0 Å². The van der Waals surface area contributed by atoms with Gasteiger partial charge in [-0.3, -0.25) is 11.3 Å². The van der Waals surface area contributed by atoms with Crippen molar-refractivity contribution in [2.75, 3.05) is 0 Å². The molecule has 0 spiro atoms. The van der Waals surface area contributed by atoms with Crippen molar-refractivity contribution in [1.82, 2.24) is 5.43 Å². The molecule has 1 aromatic rings. The van der Waals surface area contributed by atoms with E-state index in [9.17, 15) is 0 Å². The predicted molar refractivity (Wildman–Crippen MR) is 79.7 cm³/mol. The van der Waals surface area contributed by atoms with Crippen LogP contribution in [0, 0.1) is 5.92 Å². The standard InChI is InChI=1S/C15H26N2S/c1-3-11(2)9-13(17-16)15-10-12-7-5-4-6-8-14(12)18-15/h10-11,13,17H,3-9,16H2,1-2H3. The summed E-state index contributed by atoms with van der Waals surface area (Å²) in [6.07, 6.45) is 9.03. The lowest BCUT2D eigenvalue weighted by Gasteiger charge is -2.18. The molecule has 1 aromatic heterocycles. The van der Waals surface area contributed by atoms with Crippen LogP contribution >= 0.6 is 11.3 Å². The van der Waals surface area contributed by atoms with Gasteiger partial charge in [0, 0.05) is 9.75 Å². The van der Waals surface area contributed by atoms with E-state index in [1.165, 1.54) is 43.4 Å². The van der Waals surface area contributed by atoms with Crippen LogP contribution in [-0.4, -0.2) is 0 Å². The van der Waals surface area contributed by atoms with Gasteiger partial charge in [0.15, 0.2) is 0 Å². The van der Waals surface area contributed by atoms with E-state index in [-0.39, 0.29) is 0 Å². The molecule has 2 nitrogen and oxygen atoms in total. The van der Waals surface area contributed by atoms with Gasteiger partial charge < -0.3 is 0 Å². The second kappa shape index (κ2) is 6.69. The highest BCUT2D eigenvalue weighted by Crippen LogP contribution is 2.34. The molecule has 1 aliphatic rings. The maximum atomic E-state index is 5.75. The molecule has 3 heteroatoms. The molecule has 0 bridgehead atoms. The number of nitrogens with two attached hydrogens (primary N) is 1. The minimum atomic E-state index is 0.344. The molecule has 0 saturated carbocycles. The second-order valence-electron chi connectivity index (χ2n) is 5.63. The zero-order valence-electron chi connectivity index (χ0n) is 11.7. The molecule has 1 heterocycles. The maximum Gasteiger partial charge on any atom is 0.0556 e. The van der Waals surface area contributed by atoms with Crippen molar-refractivity contribution in [3.63, 3.8) is 0 Å². The first-order valence-corrected chi connectivity index (χ1v) is 8.13. The van der Waals surface area contributed by atoms with Crippen molar-refractivity contribution in [2.24, 2.45) is 11.8 Å². The molecule has 2 atom stereocenters. The summed E-state index contributed by atoms with van der Waals surface area (Å²) in [6.45, 7) is 4.56. The molecule has 2 unspecified atom stereocenters. The lowest BCUT2D eigenvalue weighted by atomic mass is 9.98. The summed E-state index contributed by atoms with van der Waals surface area (Å²) in [7, 11) is 0. The number of fused-ring (bicyclic) bond motifs is 1. The van der Waals surface area contributed by atoms with Gasteiger partial charge in [0.25, 0.3) is 0 Å². The molecule has 0 amide bonds. The molecule has 0 aliphatic heterocycles. The third kappa shape index (κ3) is 3.34. The number of nitrogens with one attached hydrogen (secondary N) is 1. The fourth-order valence-corrected chi connectivity index (χ4v) is 4.03. The molecule has 102 valence electrons. The zero-order valence-corrected chi connectivity index (χ0v) is 12.5. The Morgan fingerprint density at radius 2 is 2.11 bits per heavy atom. The van der Waals surface area contributed by atoms with E-state index < -0.39 is 0 Å². The number of rotatable bonds is 5. The van der Waals surface area contributed by atoms with Gasteiger partial charge in [-0.1, -0.05) is 26.7 Å². The first-order chi connectivity index (χ1) is 8.74. The van der Waals surface area contributed by atoms with Crippen molar-refractivity contribution in [3.05, 3.63) is 21.4 Å². The Morgan fingerprint density at radius 3 is 2.83 bits per heavy atom. The van der Waals surface area contributed by atoms with E-state index >= 15 is 0 Å². The maximum absolute atomic E-state index is 5.75. The van der Waals surface area contributed by atoms with Crippen LogP contribution in [0.15, 0.2) is 6.07 Å². The highest BCUT2D eigenvalue weighted by Gasteiger charge is 2.19. The van der Waals surface area contributed by atoms with Crippen LogP contribution in [0.2, 0.25) is 0 Å². The normalized spacial score (nSPS) is 19.1. The van der Waals surface area contributed by atoms with E-state index in [1.54, 1.807) is 10.4 Å². The van der Waals surface area contributed by atoms with Crippen LogP contribution in [0.1, 0.15) is 67.3 Å². The minimum absolute atomic E-state index is 0.344. The minimum Gasteiger partial charge on any atom is -0.271 e. The van der Waals surface area contributed by atoms with Gasteiger partial charge in [0.1, 0.15) is 0 Å². The third-order valence-electron chi connectivity index (χ3n) is 4.15. The van der Waals surface area contributed by atoms with E-state index in [1.807, 2.05) is 11.3 Å². The average Bonchev–Trinajstić information content (AvgIpc) is 2.66. The van der Waals surface area contributed by atoms with Crippen LogP contribution < -0.4 is 11.3 Å². The fourth-order valence-electron chi connectivity index (χ4n) is 2.70. The van der Waals surface area contributed by atoms with Crippen LogP contribution in [0.3, 0.4) is 0 Å². The molecule has 0 fully saturated rings. The van der Waals surface area contributed by atoms with E-state index in [4.69, 9.17) is 5.84 Å². The predicted octanol–water partition coefficient (Wildman–Crippen LogP) is 3.96. The Morgan fingerprint density at radius 1 is 1.33 bits per heavy atom. The molecular weight excluding hydrogens is 240 g/mol. The summed E-state index contributed by atoms with van der Waals surface area (Å²) >= 11 is 1.99. The summed E-state index contributed by atoms with van der Waals surface area (Å²) in [6, 6.07) is 2.76. The van der Waals surface area contributed by atoms with Crippen LogP contribution in [-0.2, 0) is 12.8 Å². The summed E-state index contributed by atoms with van der Waals surface area (Å²) in [5, 5.41) is 0. The lowest BCUT2D eigenvalue weighted by Crippen LogP contribution is -2.28. The highest BCUT2D eigenvalue weighted by atomic mass is 32.1. The largest absolute Gasteiger partial charge is 0.271 e. The Labute approximate surface area is 115 Å². The Balaban J connectivity index is 2.11. The van der Waals surface area contributed by atoms with Gasteiger partial charge in [-0.05, 0) is 49.7 Å². The quantitative estimate of drug-likeness (QED) is 0.481. The van der Waals surface area contributed by atoms with Gasteiger partial charge in [-0.25, -0.2) is 0 Å². The molecule has 1 aliphatic carbocycles. The van der Waals surface area contributed by atoms with Gasteiger partial charge in [0.2, 0.25) is 0 Å². The van der Waals surface area contributed by atoms with Crippen LogP contribution in [0.4, 0.5) is 0 Å². The molecule has 2 rings (SSSR count). The van der Waals surface area contributed by atoms with Crippen molar-refractivity contribution in [3.8, 4) is 0 Å². The number of thiophene rings is 1. The summed E-state index contributed by atoms with van der Waals surface area (Å²) in [4.78, 5) is 3.07. The van der Waals surface area contributed by atoms with Crippen molar-refractivity contribution < 1.29 is 0 Å². The fraction of sp³-hybridized carbons (Fsp3) is 0.733. The molecule has 0 saturated heterocycles. The van der Waals surface area contributed by atoms with E-state index in [0.717, 1.165) is 12.3 Å². The van der Waals surface area contributed by atoms with Gasteiger partial charge in [-0.15, -0.1) is 11.3 Å². The first kappa shape index (κ1) is 14.0. The summed E-state index contributed by atoms with van der Waals surface area (Å²) < 4.78 is 0. The number of hydrogen-bond acceptors (Lipinski definition) is 3. The second-order valence-corrected chi connectivity index (χ2v) is 6.79. The summed E-state index contributed by atoms with van der Waals surface area (Å²) in [5.74, 6) is 6.48. The summed E-state index contributed by atoms with van der Waals surface area (Å²) in [5.41, 5.74) is 4.61.